The lowest BCUT2D eigenvalue weighted by Gasteiger charge is -2.39. The molecule has 2 aromatic heterocycles. The van der Waals surface area contributed by atoms with E-state index >= 15 is 0 Å². The van der Waals surface area contributed by atoms with Crippen LogP contribution in [0.1, 0.15) is 23.5 Å². The lowest BCUT2D eigenvalue weighted by Crippen LogP contribution is -2.49. The molecule has 1 aromatic carbocycles. The highest BCUT2D eigenvalue weighted by Gasteiger charge is 2.28. The third kappa shape index (κ3) is 4.30. The number of hydrogen-bond donors (Lipinski definition) is 0. The van der Waals surface area contributed by atoms with Crippen molar-refractivity contribution >= 4 is 61.0 Å². The van der Waals surface area contributed by atoms with Crippen LogP contribution in [0, 0.1) is 11.1 Å². The van der Waals surface area contributed by atoms with Gasteiger partial charge in [0.2, 0.25) is 0 Å². The number of amides is 1. The molecule has 1 aliphatic rings. The largest absolute Gasteiger partial charge is 0.747 e. The molecule has 1 saturated heterocycles. The summed E-state index contributed by atoms with van der Waals surface area (Å²) >= 11 is -0.687. The second-order valence-corrected chi connectivity index (χ2v) is 10.3. The van der Waals surface area contributed by atoms with Gasteiger partial charge < -0.3 is 22.9 Å². The maximum absolute atomic E-state index is 13.4. The number of anilines is 2. The smallest absolute Gasteiger partial charge is 0.276 e. The highest BCUT2D eigenvalue weighted by atomic mass is 127. The number of benzene rings is 1. The predicted octanol–water partition coefficient (Wildman–Crippen LogP) is 4.22. The SMILES string of the molecule is CC(C)Cn1c(=O)c(N([O-])I=O)c(N2CCN(C(=O)c3cccs3)CC2)c2ccccc21. The number of hydrogen-bond acceptors (Lipinski definition) is 6. The summed E-state index contributed by atoms with van der Waals surface area (Å²) < 4.78 is 13.6. The molecular weight excluding hydrogens is 543 g/mol. The van der Waals surface area contributed by atoms with Crippen molar-refractivity contribution in [1.29, 1.82) is 0 Å². The van der Waals surface area contributed by atoms with Crippen molar-refractivity contribution in [2.75, 3.05) is 34.4 Å². The van der Waals surface area contributed by atoms with E-state index in [0.29, 0.717) is 46.6 Å². The second-order valence-electron chi connectivity index (χ2n) is 8.09. The molecule has 1 amide bonds. The Kier molecular flexibility index (Phi) is 6.91. The van der Waals surface area contributed by atoms with Crippen molar-refractivity contribution in [3.05, 3.63) is 62.2 Å². The summed E-state index contributed by atoms with van der Waals surface area (Å²) in [4.78, 5) is 30.6. The van der Waals surface area contributed by atoms with E-state index in [1.54, 1.807) is 9.47 Å². The van der Waals surface area contributed by atoms with Crippen LogP contribution in [0.25, 0.3) is 10.9 Å². The summed E-state index contributed by atoms with van der Waals surface area (Å²) in [5, 5.41) is 15.3. The first-order valence-electron chi connectivity index (χ1n) is 10.4. The maximum Gasteiger partial charge on any atom is 0.276 e. The normalized spacial score (nSPS) is 14.4. The molecule has 4 rings (SSSR count). The average Bonchev–Trinajstić information content (AvgIpc) is 3.34. The molecule has 0 spiro atoms. The molecule has 0 aliphatic carbocycles. The number of pyridine rings is 1. The van der Waals surface area contributed by atoms with E-state index in [9.17, 15) is 17.9 Å². The molecule has 1 aliphatic heterocycles. The lowest BCUT2D eigenvalue weighted by atomic mass is 10.1. The highest BCUT2D eigenvalue weighted by Crippen LogP contribution is 2.37. The van der Waals surface area contributed by atoms with Crippen molar-refractivity contribution in [3.8, 4) is 0 Å². The molecule has 10 heteroatoms. The topological polar surface area (TPSA) is 88.9 Å². The van der Waals surface area contributed by atoms with Gasteiger partial charge in [0.15, 0.2) is 0 Å². The summed E-state index contributed by atoms with van der Waals surface area (Å²) in [7, 11) is 0. The van der Waals surface area contributed by atoms with Crippen LogP contribution in [0.3, 0.4) is 0 Å². The zero-order valence-corrected chi connectivity index (χ0v) is 20.8. The highest BCUT2D eigenvalue weighted by molar-refractivity contribution is 14.1. The minimum Gasteiger partial charge on any atom is -0.747 e. The first-order chi connectivity index (χ1) is 15.4. The van der Waals surface area contributed by atoms with E-state index in [0.717, 1.165) is 10.9 Å². The number of nitrogens with zero attached hydrogens (tertiary/aromatic N) is 4. The van der Waals surface area contributed by atoms with Gasteiger partial charge in [-0.1, -0.05) is 38.1 Å². The number of thiophene rings is 1. The number of aromatic nitrogens is 1. The van der Waals surface area contributed by atoms with Crippen molar-refractivity contribution in [3.63, 3.8) is 0 Å². The van der Waals surface area contributed by atoms with Gasteiger partial charge in [0.1, 0.15) is 5.69 Å². The standard InChI is InChI=1S/C22H24IN4O4S/c1-15(2)14-26-17-7-4-3-6-16(17)19(20(22(26)29)27(31)23-30)24-9-11-25(12-10-24)21(28)18-8-5-13-32-18/h3-8,13,15H,9-12,14H2,1-2H3/q-1. The Hall–Kier alpha value is -2.31. The summed E-state index contributed by atoms with van der Waals surface area (Å²) in [6.45, 7) is 6.39. The zero-order chi connectivity index (χ0) is 22.8. The molecule has 0 saturated carbocycles. The molecule has 3 aromatic rings. The van der Waals surface area contributed by atoms with E-state index in [1.807, 2.05) is 60.5 Å². The first-order valence-corrected chi connectivity index (χ1v) is 13.1. The molecule has 3 heterocycles. The van der Waals surface area contributed by atoms with Gasteiger partial charge in [0.25, 0.3) is 32.9 Å². The van der Waals surface area contributed by atoms with Crippen LogP contribution in [0.15, 0.2) is 46.6 Å². The van der Waals surface area contributed by atoms with Gasteiger partial charge in [-0.3, -0.25) is 9.59 Å². The van der Waals surface area contributed by atoms with Crippen LogP contribution < -0.4 is 13.7 Å². The Morgan fingerprint density at radius 2 is 1.88 bits per heavy atom. The van der Waals surface area contributed by atoms with Crippen LogP contribution in [-0.2, 0) is 9.61 Å². The van der Waals surface area contributed by atoms with Gasteiger partial charge in [-0.25, -0.2) is 3.07 Å². The van der Waals surface area contributed by atoms with Crippen LogP contribution in [0.5, 0.6) is 0 Å². The minimum atomic E-state index is -2.10. The van der Waals surface area contributed by atoms with Crippen molar-refractivity contribution in [2.24, 2.45) is 5.92 Å². The fraction of sp³-hybridized carbons (Fsp3) is 0.364. The number of carbonyl (C=O) groups excluding carboxylic acids is 1. The van der Waals surface area contributed by atoms with Gasteiger partial charge >= 0.3 is 0 Å². The summed E-state index contributed by atoms with van der Waals surface area (Å²) in [6, 6.07) is 11.2. The predicted molar refractivity (Wildman–Crippen MR) is 136 cm³/mol. The van der Waals surface area contributed by atoms with Crippen molar-refractivity contribution in [2.45, 2.75) is 20.4 Å². The van der Waals surface area contributed by atoms with Gasteiger partial charge in [0, 0.05) is 38.1 Å². The Balaban J connectivity index is 1.76. The number of rotatable bonds is 6. The Morgan fingerprint density at radius 1 is 1.16 bits per heavy atom. The molecule has 0 atom stereocenters. The van der Waals surface area contributed by atoms with Gasteiger partial charge in [-0.15, -0.1) is 11.3 Å². The summed E-state index contributed by atoms with van der Waals surface area (Å²) in [6.07, 6.45) is 0. The minimum absolute atomic E-state index is 0.00652. The van der Waals surface area contributed by atoms with E-state index in [-0.39, 0.29) is 17.5 Å². The van der Waals surface area contributed by atoms with Gasteiger partial charge in [0.05, 0.1) is 16.1 Å². The van der Waals surface area contributed by atoms with Crippen LogP contribution in [0.2, 0.25) is 0 Å². The van der Waals surface area contributed by atoms with Crippen LogP contribution in [-0.4, -0.2) is 41.6 Å². The Bertz CT molecular complexity index is 1190. The Labute approximate surface area is 200 Å². The molecule has 170 valence electrons. The quantitative estimate of drug-likeness (QED) is 0.252. The first kappa shape index (κ1) is 22.9. The zero-order valence-electron chi connectivity index (χ0n) is 17.9. The fourth-order valence-electron chi connectivity index (χ4n) is 4.12. The molecule has 0 unspecified atom stereocenters. The van der Waals surface area contributed by atoms with E-state index in [4.69, 9.17) is 0 Å². The molecule has 0 radical (unpaired) electrons. The fourth-order valence-corrected chi connectivity index (χ4v) is 5.45. The van der Waals surface area contributed by atoms with Crippen molar-refractivity contribution in [1.82, 2.24) is 9.47 Å². The monoisotopic (exact) mass is 567 g/mol. The lowest BCUT2D eigenvalue weighted by molar-refractivity contribution is 0.0752. The van der Waals surface area contributed by atoms with Gasteiger partial charge in [-0.05, 0) is 23.4 Å². The number of piperazine rings is 1. The van der Waals surface area contributed by atoms with Crippen LogP contribution in [0.4, 0.5) is 11.4 Å². The number of halogens is 1. The van der Waals surface area contributed by atoms with Crippen molar-refractivity contribution < 1.29 is 7.86 Å². The van der Waals surface area contributed by atoms with E-state index < -0.39 is 27.0 Å². The summed E-state index contributed by atoms with van der Waals surface area (Å²) in [5.41, 5.74) is 0.777. The number of carbonyl (C=O) groups is 1. The number of para-hydroxylation sites is 1. The third-order valence-electron chi connectivity index (χ3n) is 5.52. The number of fused-ring (bicyclic) bond motifs is 1. The molecule has 1 fully saturated rings. The van der Waals surface area contributed by atoms with E-state index in [2.05, 4.69) is 0 Å². The Morgan fingerprint density at radius 3 is 2.50 bits per heavy atom. The molecular formula is C22H24IN4O4S-. The summed E-state index contributed by atoms with van der Waals surface area (Å²) in [5.74, 6) is 0.191. The molecule has 32 heavy (non-hydrogen) atoms. The van der Waals surface area contributed by atoms with Gasteiger partial charge in [-0.2, -0.15) is 0 Å². The maximum atomic E-state index is 13.4. The average molecular weight is 567 g/mol. The molecule has 0 bridgehead atoms. The molecule has 8 nitrogen and oxygen atoms in total. The van der Waals surface area contributed by atoms with E-state index in [1.165, 1.54) is 11.3 Å². The second kappa shape index (κ2) is 9.67. The molecule has 0 N–H and O–H groups in total. The van der Waals surface area contributed by atoms with Crippen LogP contribution >= 0.6 is 32.8 Å². The third-order valence-corrected chi connectivity index (χ3v) is 7.22.